The van der Waals surface area contributed by atoms with E-state index in [1.165, 1.54) is 16.0 Å². The van der Waals surface area contributed by atoms with Gasteiger partial charge in [0.15, 0.2) is 0 Å². The van der Waals surface area contributed by atoms with E-state index in [1.807, 2.05) is 23.1 Å². The van der Waals surface area contributed by atoms with Gasteiger partial charge in [-0.1, -0.05) is 6.07 Å². The Labute approximate surface area is 133 Å². The Bertz CT molecular complexity index is 747. The highest BCUT2D eigenvalue weighted by Crippen LogP contribution is 2.27. The van der Waals surface area contributed by atoms with E-state index in [9.17, 15) is 4.79 Å². The lowest BCUT2D eigenvalue weighted by Crippen LogP contribution is -2.34. The standard InChI is InChI=1S/C18H17NO2S/c20-18(19-8-5-17-15(12-19)7-10-22-17)4-2-13-1-3-16-14(11-13)6-9-21-16/h1-4,7,10-11H,5-6,8-9,12H2/b4-2+. The summed E-state index contributed by atoms with van der Waals surface area (Å²) in [5, 5.41) is 2.11. The average molecular weight is 311 g/mol. The molecule has 2 aliphatic rings. The quantitative estimate of drug-likeness (QED) is 0.797. The number of fused-ring (bicyclic) bond motifs is 2. The lowest BCUT2D eigenvalue weighted by molar-refractivity contribution is -0.126. The molecule has 0 atom stereocenters. The van der Waals surface area contributed by atoms with Crippen molar-refractivity contribution >= 4 is 23.3 Å². The largest absolute Gasteiger partial charge is 0.493 e. The van der Waals surface area contributed by atoms with E-state index in [2.05, 4.69) is 17.5 Å². The van der Waals surface area contributed by atoms with Crippen molar-refractivity contribution in [2.24, 2.45) is 0 Å². The van der Waals surface area contributed by atoms with Crippen LogP contribution in [0.15, 0.2) is 35.7 Å². The number of ether oxygens (including phenoxy) is 1. The average Bonchev–Trinajstić information content (AvgIpc) is 3.19. The third kappa shape index (κ3) is 2.55. The summed E-state index contributed by atoms with van der Waals surface area (Å²) >= 11 is 1.79. The van der Waals surface area contributed by atoms with Crippen LogP contribution in [0.5, 0.6) is 5.75 Å². The smallest absolute Gasteiger partial charge is 0.246 e. The number of hydrogen-bond donors (Lipinski definition) is 0. The molecule has 112 valence electrons. The van der Waals surface area contributed by atoms with Crippen LogP contribution in [0.3, 0.4) is 0 Å². The van der Waals surface area contributed by atoms with Gasteiger partial charge < -0.3 is 9.64 Å². The van der Waals surface area contributed by atoms with Crippen LogP contribution < -0.4 is 4.74 Å². The normalized spacial score (nSPS) is 16.5. The van der Waals surface area contributed by atoms with Crippen molar-refractivity contribution < 1.29 is 9.53 Å². The molecule has 0 saturated heterocycles. The molecular weight excluding hydrogens is 294 g/mol. The number of amides is 1. The van der Waals surface area contributed by atoms with Crippen molar-refractivity contribution in [3.05, 3.63) is 57.3 Å². The Morgan fingerprint density at radius 1 is 1.23 bits per heavy atom. The zero-order valence-corrected chi connectivity index (χ0v) is 13.1. The van der Waals surface area contributed by atoms with E-state index in [0.717, 1.165) is 43.9 Å². The predicted molar refractivity (Wildman–Crippen MR) is 88.1 cm³/mol. The fraction of sp³-hybridized carbons (Fsp3) is 0.278. The summed E-state index contributed by atoms with van der Waals surface area (Å²) in [5.41, 5.74) is 3.59. The van der Waals surface area contributed by atoms with Gasteiger partial charge in [0.1, 0.15) is 5.75 Å². The van der Waals surface area contributed by atoms with Gasteiger partial charge in [-0.15, -0.1) is 11.3 Å². The zero-order chi connectivity index (χ0) is 14.9. The van der Waals surface area contributed by atoms with Gasteiger partial charge in [0.25, 0.3) is 0 Å². The molecule has 2 aliphatic heterocycles. The summed E-state index contributed by atoms with van der Waals surface area (Å²) in [4.78, 5) is 15.7. The molecule has 0 radical (unpaired) electrons. The Balaban J connectivity index is 1.46. The van der Waals surface area contributed by atoms with Crippen molar-refractivity contribution in [1.29, 1.82) is 0 Å². The maximum atomic E-state index is 12.4. The fourth-order valence-electron chi connectivity index (χ4n) is 3.02. The SMILES string of the molecule is O=C(/C=C/c1ccc2c(c1)CCO2)N1CCc2sccc2C1. The van der Waals surface area contributed by atoms with Crippen LogP contribution in [0.2, 0.25) is 0 Å². The van der Waals surface area contributed by atoms with Crippen LogP contribution in [-0.2, 0) is 24.2 Å². The Morgan fingerprint density at radius 3 is 3.14 bits per heavy atom. The summed E-state index contributed by atoms with van der Waals surface area (Å²) in [5.74, 6) is 1.07. The maximum Gasteiger partial charge on any atom is 0.246 e. The number of benzene rings is 1. The van der Waals surface area contributed by atoms with Crippen molar-refractivity contribution in [3.63, 3.8) is 0 Å². The summed E-state index contributed by atoms with van der Waals surface area (Å²) in [6.45, 7) is 2.31. The number of hydrogen-bond acceptors (Lipinski definition) is 3. The molecule has 0 bridgehead atoms. The van der Waals surface area contributed by atoms with Gasteiger partial charge in [0, 0.05) is 30.5 Å². The monoisotopic (exact) mass is 311 g/mol. The Morgan fingerprint density at radius 2 is 2.18 bits per heavy atom. The first-order chi connectivity index (χ1) is 10.8. The van der Waals surface area contributed by atoms with Gasteiger partial charge in [-0.25, -0.2) is 0 Å². The Kier molecular flexibility index (Phi) is 3.47. The topological polar surface area (TPSA) is 29.5 Å². The van der Waals surface area contributed by atoms with Crippen LogP contribution in [0.4, 0.5) is 0 Å². The molecule has 2 aromatic rings. The van der Waals surface area contributed by atoms with Crippen molar-refractivity contribution in [3.8, 4) is 5.75 Å². The van der Waals surface area contributed by atoms with E-state index in [-0.39, 0.29) is 5.91 Å². The van der Waals surface area contributed by atoms with Gasteiger partial charge in [-0.2, -0.15) is 0 Å². The van der Waals surface area contributed by atoms with Gasteiger partial charge in [0.2, 0.25) is 5.91 Å². The van der Waals surface area contributed by atoms with Crippen LogP contribution in [0, 0.1) is 0 Å². The minimum absolute atomic E-state index is 0.0913. The highest BCUT2D eigenvalue weighted by molar-refractivity contribution is 7.10. The molecule has 0 fully saturated rings. The van der Waals surface area contributed by atoms with Crippen molar-refractivity contribution in [2.75, 3.05) is 13.2 Å². The summed E-state index contributed by atoms with van der Waals surface area (Å²) in [6.07, 6.45) is 5.53. The maximum absolute atomic E-state index is 12.4. The molecular formula is C18H17NO2S. The predicted octanol–water partition coefficient (Wildman–Crippen LogP) is 3.28. The molecule has 1 amide bonds. The second-order valence-corrected chi connectivity index (χ2v) is 6.68. The number of carbonyl (C=O) groups excluding carboxylic acids is 1. The molecule has 1 aromatic carbocycles. The zero-order valence-electron chi connectivity index (χ0n) is 12.2. The van der Waals surface area contributed by atoms with Crippen molar-refractivity contribution in [2.45, 2.75) is 19.4 Å². The lowest BCUT2D eigenvalue weighted by atomic mass is 10.1. The molecule has 0 N–H and O–H groups in total. The van der Waals surface area contributed by atoms with E-state index in [1.54, 1.807) is 17.4 Å². The minimum Gasteiger partial charge on any atom is -0.493 e. The highest BCUT2D eigenvalue weighted by atomic mass is 32.1. The van der Waals surface area contributed by atoms with E-state index >= 15 is 0 Å². The van der Waals surface area contributed by atoms with E-state index < -0.39 is 0 Å². The van der Waals surface area contributed by atoms with Gasteiger partial charge in [-0.3, -0.25) is 4.79 Å². The first-order valence-corrected chi connectivity index (χ1v) is 8.45. The second kappa shape index (κ2) is 5.61. The van der Waals surface area contributed by atoms with E-state index in [4.69, 9.17) is 4.74 Å². The molecule has 0 saturated carbocycles. The molecule has 4 rings (SSSR count). The van der Waals surface area contributed by atoms with Gasteiger partial charge >= 0.3 is 0 Å². The summed E-state index contributed by atoms with van der Waals surface area (Å²) in [6, 6.07) is 8.23. The van der Waals surface area contributed by atoms with Crippen molar-refractivity contribution in [1.82, 2.24) is 4.90 Å². The van der Waals surface area contributed by atoms with Crippen LogP contribution in [-0.4, -0.2) is 24.0 Å². The first-order valence-electron chi connectivity index (χ1n) is 7.57. The summed E-state index contributed by atoms with van der Waals surface area (Å²) < 4.78 is 5.50. The third-order valence-electron chi connectivity index (χ3n) is 4.25. The lowest BCUT2D eigenvalue weighted by Gasteiger charge is -2.25. The van der Waals surface area contributed by atoms with Crippen LogP contribution in [0.25, 0.3) is 6.08 Å². The fourth-order valence-corrected chi connectivity index (χ4v) is 3.91. The van der Waals surface area contributed by atoms with Gasteiger partial charge in [0.05, 0.1) is 6.61 Å². The highest BCUT2D eigenvalue weighted by Gasteiger charge is 2.19. The first kappa shape index (κ1) is 13.6. The van der Waals surface area contributed by atoms with E-state index in [0.29, 0.717) is 0 Å². The molecule has 22 heavy (non-hydrogen) atoms. The number of rotatable bonds is 2. The third-order valence-corrected chi connectivity index (χ3v) is 5.27. The van der Waals surface area contributed by atoms with Crippen LogP contribution in [0.1, 0.15) is 21.6 Å². The Hall–Kier alpha value is -2.07. The molecule has 0 spiro atoms. The number of thiophene rings is 1. The summed E-state index contributed by atoms with van der Waals surface area (Å²) in [7, 11) is 0. The molecule has 0 unspecified atom stereocenters. The molecule has 4 heteroatoms. The van der Waals surface area contributed by atoms with Gasteiger partial charge in [-0.05, 0) is 52.8 Å². The number of carbonyl (C=O) groups is 1. The minimum atomic E-state index is 0.0913. The number of nitrogens with zero attached hydrogens (tertiary/aromatic N) is 1. The molecule has 3 heterocycles. The molecule has 1 aromatic heterocycles. The molecule has 0 aliphatic carbocycles. The second-order valence-electron chi connectivity index (χ2n) is 5.68. The van der Waals surface area contributed by atoms with Crippen LogP contribution >= 0.6 is 11.3 Å². The molecule has 3 nitrogen and oxygen atoms in total.